The molecule has 0 bridgehead atoms. The van der Waals surface area contributed by atoms with Crippen molar-refractivity contribution in [1.29, 1.82) is 0 Å². The zero-order valence-corrected chi connectivity index (χ0v) is 9.72. The largest absolute Gasteiger partial charge is 0.395 e. The first-order valence-corrected chi connectivity index (χ1v) is 5.65. The molecule has 0 fully saturated rings. The second kappa shape index (κ2) is 7.14. The van der Waals surface area contributed by atoms with E-state index in [0.717, 1.165) is 0 Å². The summed E-state index contributed by atoms with van der Waals surface area (Å²) in [6, 6.07) is 9.99. The van der Waals surface area contributed by atoms with Crippen molar-refractivity contribution < 1.29 is 9.90 Å². The van der Waals surface area contributed by atoms with E-state index in [1.54, 1.807) is 0 Å². The number of Topliss-reactive ketones (excluding diaryl/α,β-unsaturated/α-hetero) is 1. The lowest BCUT2D eigenvalue weighted by Gasteiger charge is -2.20. The summed E-state index contributed by atoms with van der Waals surface area (Å²) in [4.78, 5) is 13.3. The second-order valence-corrected chi connectivity index (χ2v) is 3.81. The van der Waals surface area contributed by atoms with Crippen LogP contribution in [0.25, 0.3) is 0 Å². The molecule has 0 aromatic heterocycles. The molecule has 3 nitrogen and oxygen atoms in total. The Bertz CT molecular complexity index is 311. The summed E-state index contributed by atoms with van der Waals surface area (Å²) in [7, 11) is 0. The van der Waals surface area contributed by atoms with E-state index in [1.807, 2.05) is 42.2 Å². The van der Waals surface area contributed by atoms with Crippen LogP contribution in [0.2, 0.25) is 0 Å². The molecule has 88 valence electrons. The summed E-state index contributed by atoms with van der Waals surface area (Å²) >= 11 is 0. The Balaban J connectivity index is 2.54. The standard InChI is InChI=1S/C13H19NO2/c1-2-13(16)11-14(8-9-15)10-12-6-4-3-5-7-12/h3-7,15H,2,8-11H2,1H3. The first-order valence-electron chi connectivity index (χ1n) is 5.65. The molecule has 0 heterocycles. The molecule has 0 unspecified atom stereocenters. The van der Waals surface area contributed by atoms with E-state index in [2.05, 4.69) is 0 Å². The maximum Gasteiger partial charge on any atom is 0.146 e. The van der Waals surface area contributed by atoms with Crippen LogP contribution >= 0.6 is 0 Å². The summed E-state index contributed by atoms with van der Waals surface area (Å²) in [6.45, 7) is 3.63. The SMILES string of the molecule is CCC(=O)CN(CCO)Cc1ccccc1. The predicted molar refractivity (Wildman–Crippen MR) is 64.1 cm³/mol. The summed E-state index contributed by atoms with van der Waals surface area (Å²) < 4.78 is 0. The van der Waals surface area contributed by atoms with Crippen molar-refractivity contribution in [1.82, 2.24) is 4.90 Å². The fourth-order valence-corrected chi connectivity index (χ4v) is 1.56. The summed E-state index contributed by atoms with van der Waals surface area (Å²) in [5.74, 6) is 0.212. The molecular formula is C13H19NO2. The van der Waals surface area contributed by atoms with Crippen LogP contribution in [-0.4, -0.2) is 35.5 Å². The van der Waals surface area contributed by atoms with E-state index in [1.165, 1.54) is 5.56 Å². The van der Waals surface area contributed by atoms with E-state index < -0.39 is 0 Å². The van der Waals surface area contributed by atoms with Gasteiger partial charge in [-0.05, 0) is 5.56 Å². The van der Waals surface area contributed by atoms with Crippen LogP contribution in [0, 0.1) is 0 Å². The van der Waals surface area contributed by atoms with Gasteiger partial charge in [0.15, 0.2) is 0 Å². The topological polar surface area (TPSA) is 40.5 Å². The van der Waals surface area contributed by atoms with Gasteiger partial charge in [0, 0.05) is 19.5 Å². The van der Waals surface area contributed by atoms with Gasteiger partial charge in [0.2, 0.25) is 0 Å². The number of hydrogen-bond donors (Lipinski definition) is 1. The number of ketones is 1. The highest BCUT2D eigenvalue weighted by Crippen LogP contribution is 2.04. The first-order chi connectivity index (χ1) is 7.76. The fraction of sp³-hybridized carbons (Fsp3) is 0.462. The van der Waals surface area contributed by atoms with Gasteiger partial charge in [-0.2, -0.15) is 0 Å². The van der Waals surface area contributed by atoms with Gasteiger partial charge in [-0.1, -0.05) is 37.3 Å². The monoisotopic (exact) mass is 221 g/mol. The smallest absolute Gasteiger partial charge is 0.146 e. The van der Waals surface area contributed by atoms with Crippen molar-refractivity contribution in [3.8, 4) is 0 Å². The zero-order chi connectivity index (χ0) is 11.8. The Morgan fingerprint density at radius 2 is 2.00 bits per heavy atom. The van der Waals surface area contributed by atoms with Crippen LogP contribution in [0.15, 0.2) is 30.3 Å². The molecule has 16 heavy (non-hydrogen) atoms. The van der Waals surface area contributed by atoms with Crippen molar-refractivity contribution >= 4 is 5.78 Å². The average Bonchev–Trinajstić information content (AvgIpc) is 2.30. The Morgan fingerprint density at radius 1 is 1.31 bits per heavy atom. The minimum Gasteiger partial charge on any atom is -0.395 e. The van der Waals surface area contributed by atoms with Crippen molar-refractivity contribution in [3.05, 3.63) is 35.9 Å². The number of carbonyl (C=O) groups excluding carboxylic acids is 1. The van der Waals surface area contributed by atoms with Gasteiger partial charge >= 0.3 is 0 Å². The maximum absolute atomic E-state index is 11.4. The molecule has 0 radical (unpaired) electrons. The number of benzene rings is 1. The molecule has 0 saturated carbocycles. The van der Waals surface area contributed by atoms with Gasteiger partial charge in [-0.15, -0.1) is 0 Å². The van der Waals surface area contributed by atoms with E-state index in [0.29, 0.717) is 26.1 Å². The summed E-state index contributed by atoms with van der Waals surface area (Å²) in [5.41, 5.74) is 1.17. The highest BCUT2D eigenvalue weighted by molar-refractivity contribution is 5.80. The van der Waals surface area contributed by atoms with E-state index in [9.17, 15) is 4.79 Å². The van der Waals surface area contributed by atoms with Gasteiger partial charge in [-0.25, -0.2) is 0 Å². The van der Waals surface area contributed by atoms with Crippen molar-refractivity contribution in [3.63, 3.8) is 0 Å². The molecule has 0 spiro atoms. The lowest BCUT2D eigenvalue weighted by Crippen LogP contribution is -2.31. The Kier molecular flexibility index (Phi) is 5.75. The third-order valence-corrected chi connectivity index (χ3v) is 2.46. The number of rotatable bonds is 7. The minimum absolute atomic E-state index is 0.0871. The molecule has 3 heteroatoms. The van der Waals surface area contributed by atoms with Crippen LogP contribution in [0.4, 0.5) is 0 Å². The van der Waals surface area contributed by atoms with Crippen LogP contribution in [0.1, 0.15) is 18.9 Å². The van der Waals surface area contributed by atoms with Crippen LogP contribution in [-0.2, 0) is 11.3 Å². The van der Waals surface area contributed by atoms with Crippen LogP contribution in [0.5, 0.6) is 0 Å². The van der Waals surface area contributed by atoms with Gasteiger partial charge in [-0.3, -0.25) is 9.69 Å². The lowest BCUT2D eigenvalue weighted by atomic mass is 10.2. The molecule has 1 aromatic rings. The average molecular weight is 221 g/mol. The molecule has 0 saturated heterocycles. The molecule has 0 atom stereocenters. The van der Waals surface area contributed by atoms with Gasteiger partial charge in [0.05, 0.1) is 13.2 Å². The number of hydrogen-bond acceptors (Lipinski definition) is 3. The van der Waals surface area contributed by atoms with Crippen LogP contribution < -0.4 is 0 Å². The van der Waals surface area contributed by atoms with E-state index in [-0.39, 0.29) is 12.4 Å². The summed E-state index contributed by atoms with van der Waals surface area (Å²) in [6.07, 6.45) is 0.552. The zero-order valence-electron chi connectivity index (χ0n) is 9.72. The summed E-state index contributed by atoms with van der Waals surface area (Å²) in [5, 5.41) is 8.95. The predicted octanol–water partition coefficient (Wildman–Crippen LogP) is 1.46. The molecule has 1 N–H and O–H groups in total. The lowest BCUT2D eigenvalue weighted by molar-refractivity contribution is -0.120. The van der Waals surface area contributed by atoms with E-state index in [4.69, 9.17) is 5.11 Å². The number of aliphatic hydroxyl groups is 1. The molecule has 0 amide bonds. The fourth-order valence-electron chi connectivity index (χ4n) is 1.56. The van der Waals surface area contributed by atoms with E-state index >= 15 is 0 Å². The Labute approximate surface area is 96.7 Å². The highest BCUT2D eigenvalue weighted by Gasteiger charge is 2.09. The quantitative estimate of drug-likeness (QED) is 0.757. The molecule has 0 aliphatic heterocycles. The van der Waals surface area contributed by atoms with Crippen LogP contribution in [0.3, 0.4) is 0 Å². The molecule has 1 rings (SSSR count). The number of aliphatic hydroxyl groups excluding tert-OH is 1. The van der Waals surface area contributed by atoms with Crippen molar-refractivity contribution in [2.75, 3.05) is 19.7 Å². The second-order valence-electron chi connectivity index (χ2n) is 3.81. The molecular weight excluding hydrogens is 202 g/mol. The first kappa shape index (κ1) is 12.9. The van der Waals surface area contributed by atoms with Crippen molar-refractivity contribution in [2.24, 2.45) is 0 Å². The Morgan fingerprint density at radius 3 is 2.56 bits per heavy atom. The molecule has 0 aliphatic rings. The normalized spacial score (nSPS) is 10.7. The number of carbonyl (C=O) groups is 1. The third kappa shape index (κ3) is 4.55. The van der Waals surface area contributed by atoms with Gasteiger partial charge in [0.1, 0.15) is 5.78 Å². The van der Waals surface area contributed by atoms with Gasteiger partial charge in [0.25, 0.3) is 0 Å². The minimum atomic E-state index is 0.0871. The third-order valence-electron chi connectivity index (χ3n) is 2.46. The molecule has 0 aliphatic carbocycles. The number of nitrogens with zero attached hydrogens (tertiary/aromatic N) is 1. The highest BCUT2D eigenvalue weighted by atomic mass is 16.3. The van der Waals surface area contributed by atoms with Crippen molar-refractivity contribution in [2.45, 2.75) is 19.9 Å². The Hall–Kier alpha value is -1.19. The molecule has 1 aromatic carbocycles. The maximum atomic E-state index is 11.4. The van der Waals surface area contributed by atoms with Gasteiger partial charge < -0.3 is 5.11 Å².